The Hall–Kier alpha value is -2.22. The van der Waals surface area contributed by atoms with Gasteiger partial charge in [0.15, 0.2) is 0 Å². The second-order valence-corrected chi connectivity index (χ2v) is 7.71. The van der Waals surface area contributed by atoms with E-state index in [1.807, 2.05) is 26.2 Å². The minimum atomic E-state index is 0.107. The summed E-state index contributed by atoms with van der Waals surface area (Å²) in [5, 5.41) is 6.81. The van der Waals surface area contributed by atoms with Crippen LogP contribution in [-0.2, 0) is 0 Å². The second kappa shape index (κ2) is 16.7. The van der Waals surface area contributed by atoms with Gasteiger partial charge in [0.05, 0.1) is 0 Å². The number of aryl methyl sites for hydroxylation is 3. The van der Waals surface area contributed by atoms with Gasteiger partial charge in [0, 0.05) is 23.6 Å². The molecule has 0 saturated heterocycles. The highest BCUT2D eigenvalue weighted by Gasteiger charge is 2.19. The first-order valence-corrected chi connectivity index (χ1v) is 10.8. The fourth-order valence-corrected chi connectivity index (χ4v) is 2.50. The van der Waals surface area contributed by atoms with E-state index in [9.17, 15) is 0 Å². The summed E-state index contributed by atoms with van der Waals surface area (Å²) in [6.07, 6.45) is 15.0. The van der Waals surface area contributed by atoms with Crippen molar-refractivity contribution in [3.8, 4) is 0 Å². The lowest BCUT2D eigenvalue weighted by atomic mass is 9.91. The number of hydrogen-bond donors (Lipinski definition) is 2. The molecule has 1 aromatic rings. The number of anilines is 1. The Balaban J connectivity index is 0. The number of allylic oxidation sites excluding steroid dienone is 4. The lowest BCUT2D eigenvalue weighted by Crippen LogP contribution is -2.40. The van der Waals surface area contributed by atoms with Gasteiger partial charge in [-0.05, 0) is 64.5 Å². The van der Waals surface area contributed by atoms with Crippen molar-refractivity contribution in [3.63, 3.8) is 0 Å². The van der Waals surface area contributed by atoms with Crippen molar-refractivity contribution >= 4 is 5.69 Å². The van der Waals surface area contributed by atoms with Crippen molar-refractivity contribution in [2.75, 3.05) is 5.32 Å². The van der Waals surface area contributed by atoms with E-state index in [4.69, 9.17) is 0 Å². The van der Waals surface area contributed by atoms with Crippen molar-refractivity contribution in [2.24, 2.45) is 5.92 Å². The van der Waals surface area contributed by atoms with Crippen molar-refractivity contribution < 1.29 is 0 Å². The van der Waals surface area contributed by atoms with Gasteiger partial charge in [-0.25, -0.2) is 0 Å². The van der Waals surface area contributed by atoms with Gasteiger partial charge in [-0.3, -0.25) is 0 Å². The van der Waals surface area contributed by atoms with Crippen LogP contribution in [0.3, 0.4) is 0 Å². The van der Waals surface area contributed by atoms with Gasteiger partial charge in [0.2, 0.25) is 0 Å². The summed E-state index contributed by atoms with van der Waals surface area (Å²) in [4.78, 5) is 0. The van der Waals surface area contributed by atoms with Crippen molar-refractivity contribution in [2.45, 2.75) is 80.7 Å². The first-order valence-electron chi connectivity index (χ1n) is 10.8. The van der Waals surface area contributed by atoms with Gasteiger partial charge in [-0.1, -0.05) is 69.7 Å². The number of benzene rings is 1. The SMILES string of the molecule is C1=CCCC=C1.C=C.CC.Cc1cc(C)c(N/C=C\NC(C)(C)C(C)C)c(C)c1. The van der Waals surface area contributed by atoms with Gasteiger partial charge < -0.3 is 10.6 Å². The van der Waals surface area contributed by atoms with Crippen LogP contribution >= 0.6 is 0 Å². The van der Waals surface area contributed by atoms with Crippen LogP contribution in [0.2, 0.25) is 0 Å². The lowest BCUT2D eigenvalue weighted by molar-refractivity contribution is 0.322. The third kappa shape index (κ3) is 12.8. The molecule has 2 heteroatoms. The largest absolute Gasteiger partial charge is 0.385 e. The van der Waals surface area contributed by atoms with E-state index in [1.165, 1.54) is 35.2 Å². The Morgan fingerprint density at radius 3 is 1.69 bits per heavy atom. The molecule has 164 valence electrons. The smallest absolute Gasteiger partial charge is 0.0439 e. The molecule has 0 saturated carbocycles. The summed E-state index contributed by atoms with van der Waals surface area (Å²) in [7, 11) is 0. The van der Waals surface area contributed by atoms with E-state index >= 15 is 0 Å². The summed E-state index contributed by atoms with van der Waals surface area (Å²) >= 11 is 0. The summed E-state index contributed by atoms with van der Waals surface area (Å²) in [5.41, 5.74) is 5.18. The van der Waals surface area contributed by atoms with E-state index < -0.39 is 0 Å². The van der Waals surface area contributed by atoms with E-state index in [0.717, 1.165) is 0 Å². The molecule has 0 aromatic heterocycles. The van der Waals surface area contributed by atoms with Crippen LogP contribution in [0.25, 0.3) is 0 Å². The zero-order valence-corrected chi connectivity index (χ0v) is 20.5. The minimum Gasteiger partial charge on any atom is -0.385 e. The van der Waals surface area contributed by atoms with Crippen molar-refractivity contribution in [3.05, 3.63) is 78.7 Å². The summed E-state index contributed by atoms with van der Waals surface area (Å²) in [5.74, 6) is 0.583. The average Bonchev–Trinajstić information content (AvgIpc) is 2.71. The van der Waals surface area contributed by atoms with Gasteiger partial charge in [0.1, 0.15) is 0 Å². The van der Waals surface area contributed by atoms with E-state index in [1.54, 1.807) is 0 Å². The highest BCUT2D eigenvalue weighted by molar-refractivity contribution is 5.59. The molecule has 1 aromatic carbocycles. The normalized spacial score (nSPS) is 12.2. The minimum absolute atomic E-state index is 0.107. The van der Waals surface area contributed by atoms with Crippen LogP contribution in [0, 0.1) is 26.7 Å². The molecule has 0 aliphatic heterocycles. The average molecular weight is 399 g/mol. The molecule has 1 aliphatic carbocycles. The maximum absolute atomic E-state index is 3.44. The quantitative estimate of drug-likeness (QED) is 0.488. The number of rotatable bonds is 5. The fourth-order valence-electron chi connectivity index (χ4n) is 2.50. The zero-order chi connectivity index (χ0) is 22.9. The first-order chi connectivity index (χ1) is 13.7. The Bertz CT molecular complexity index is 599. The molecule has 2 rings (SSSR count). The van der Waals surface area contributed by atoms with Crippen LogP contribution in [0.15, 0.2) is 62.0 Å². The number of hydrogen-bond acceptors (Lipinski definition) is 2. The predicted molar refractivity (Wildman–Crippen MR) is 136 cm³/mol. The van der Waals surface area contributed by atoms with E-state index in [0.29, 0.717) is 5.92 Å². The molecule has 0 fully saturated rings. The highest BCUT2D eigenvalue weighted by Crippen LogP contribution is 2.22. The predicted octanol–water partition coefficient (Wildman–Crippen LogP) is 8.24. The zero-order valence-electron chi connectivity index (χ0n) is 20.5. The Morgan fingerprint density at radius 1 is 0.897 bits per heavy atom. The lowest BCUT2D eigenvalue weighted by Gasteiger charge is -2.29. The molecule has 0 spiro atoms. The molecule has 0 heterocycles. The van der Waals surface area contributed by atoms with Gasteiger partial charge in [-0.2, -0.15) is 0 Å². The molecule has 0 bridgehead atoms. The van der Waals surface area contributed by atoms with Crippen molar-refractivity contribution in [1.29, 1.82) is 0 Å². The molecule has 0 amide bonds. The van der Waals surface area contributed by atoms with Crippen LogP contribution in [-0.4, -0.2) is 5.54 Å². The third-order valence-corrected chi connectivity index (χ3v) is 4.77. The van der Waals surface area contributed by atoms with Gasteiger partial charge in [0.25, 0.3) is 0 Å². The monoisotopic (exact) mass is 398 g/mol. The molecule has 0 unspecified atom stereocenters. The summed E-state index contributed by atoms with van der Waals surface area (Å²) < 4.78 is 0. The molecule has 29 heavy (non-hydrogen) atoms. The third-order valence-electron chi connectivity index (χ3n) is 4.77. The Morgan fingerprint density at radius 2 is 1.34 bits per heavy atom. The first kappa shape index (κ1) is 29.0. The highest BCUT2D eigenvalue weighted by atomic mass is 15.0. The Labute approximate surface area is 181 Å². The molecule has 2 nitrogen and oxygen atoms in total. The van der Waals surface area contributed by atoms with E-state index in [2.05, 4.69) is 109 Å². The maximum Gasteiger partial charge on any atom is 0.0439 e. The Kier molecular flexibility index (Phi) is 16.7. The maximum atomic E-state index is 3.44. The van der Waals surface area contributed by atoms with Crippen LogP contribution < -0.4 is 10.6 Å². The van der Waals surface area contributed by atoms with Crippen molar-refractivity contribution in [1.82, 2.24) is 5.32 Å². The molecule has 0 radical (unpaired) electrons. The summed E-state index contributed by atoms with van der Waals surface area (Å²) in [6, 6.07) is 4.41. The number of nitrogens with one attached hydrogen (secondary N) is 2. The second-order valence-electron chi connectivity index (χ2n) is 7.71. The molecular weight excluding hydrogens is 352 g/mol. The van der Waals surface area contributed by atoms with Crippen LogP contribution in [0.4, 0.5) is 5.69 Å². The summed E-state index contributed by atoms with van der Waals surface area (Å²) in [6.45, 7) is 25.3. The van der Waals surface area contributed by atoms with Gasteiger partial charge >= 0.3 is 0 Å². The van der Waals surface area contributed by atoms with Gasteiger partial charge in [-0.15, -0.1) is 13.2 Å². The fraction of sp³-hybridized carbons (Fsp3) is 0.481. The molecule has 2 N–H and O–H groups in total. The topological polar surface area (TPSA) is 24.1 Å². The standard InChI is InChI=1S/C17H28N2.C6H8.C2H6.C2H4/c1-12(2)17(6,7)19-9-8-18-16-14(4)10-13(3)11-15(16)5;1-2-4-6-5-3-1;2*1-2/h8-12,18-19H,1-7H3;1-4H,5-6H2;1-2H3;1-2H2/b9-8-;;;. The van der Waals surface area contributed by atoms with Crippen LogP contribution in [0.5, 0.6) is 0 Å². The van der Waals surface area contributed by atoms with Crippen LogP contribution in [0.1, 0.15) is 71.1 Å². The molecule has 1 aliphatic rings. The molecular formula is C27H46N2. The van der Waals surface area contributed by atoms with E-state index in [-0.39, 0.29) is 5.54 Å². The molecule has 0 atom stereocenters.